The van der Waals surface area contributed by atoms with Crippen LogP contribution in [0.3, 0.4) is 0 Å². The second-order valence-corrected chi connectivity index (χ2v) is 7.29. The zero-order valence-electron chi connectivity index (χ0n) is 17.0. The number of carbonyl (C=O) groups excluding carboxylic acids is 1. The van der Waals surface area contributed by atoms with Gasteiger partial charge in [-0.2, -0.15) is 0 Å². The van der Waals surface area contributed by atoms with Crippen molar-refractivity contribution in [1.82, 2.24) is 5.32 Å². The number of amidine groups is 1. The first-order chi connectivity index (χ1) is 12.1. The fraction of sp³-hybridized carbons (Fsp3) is 0.810. The summed E-state index contributed by atoms with van der Waals surface area (Å²) in [6, 6.07) is 0. The second-order valence-electron chi connectivity index (χ2n) is 7.29. The minimum atomic E-state index is 0.0541. The summed E-state index contributed by atoms with van der Waals surface area (Å²) < 4.78 is 0.851. The Hall–Kier alpha value is -1.16. The van der Waals surface area contributed by atoms with Crippen LogP contribution in [0.25, 0.3) is 0 Å². The third-order valence-corrected chi connectivity index (χ3v) is 5.45. The first kappa shape index (κ1) is 21.9. The number of carbonyl (C=O) groups is 1. The van der Waals surface area contributed by atoms with Crippen LogP contribution in [-0.2, 0) is 4.79 Å². The van der Waals surface area contributed by atoms with Crippen molar-refractivity contribution >= 4 is 11.7 Å². The van der Waals surface area contributed by atoms with E-state index in [1.165, 1.54) is 50.8 Å². The first-order valence-corrected chi connectivity index (χ1v) is 10.4. The highest BCUT2D eigenvalue weighted by Gasteiger charge is 2.41. The summed E-state index contributed by atoms with van der Waals surface area (Å²) in [4.78, 5) is 16.2. The molecule has 0 fully saturated rings. The molecule has 0 saturated carbocycles. The minimum Gasteiger partial charge on any atom is -0.307 e. The summed E-state index contributed by atoms with van der Waals surface area (Å²) in [5, 5.41) is 3.09. The summed E-state index contributed by atoms with van der Waals surface area (Å²) in [5.41, 5.74) is 0. The molecule has 0 aliphatic carbocycles. The van der Waals surface area contributed by atoms with Crippen LogP contribution in [0, 0.1) is 0 Å². The lowest BCUT2D eigenvalue weighted by Gasteiger charge is -2.39. The van der Waals surface area contributed by atoms with Crippen LogP contribution in [0.1, 0.15) is 85.5 Å². The van der Waals surface area contributed by atoms with Gasteiger partial charge in [0.15, 0.2) is 12.0 Å². The number of hydrogen-bond donors (Lipinski definition) is 1. The lowest BCUT2D eigenvalue weighted by Crippen LogP contribution is -2.62. The summed E-state index contributed by atoms with van der Waals surface area (Å²) in [7, 11) is 0. The van der Waals surface area contributed by atoms with E-state index in [0.717, 1.165) is 37.0 Å². The summed E-state index contributed by atoms with van der Waals surface area (Å²) >= 11 is 0. The molecule has 0 aromatic rings. The number of nitrogens with zero attached hydrogens (tertiary/aromatic N) is 2. The molecule has 1 aliphatic rings. The average Bonchev–Trinajstić information content (AvgIpc) is 3.00. The third kappa shape index (κ3) is 7.31. The number of amides is 1. The van der Waals surface area contributed by atoms with Gasteiger partial charge in [0.25, 0.3) is 0 Å². The topological polar surface area (TPSA) is 41.5 Å². The smallest absolute Gasteiger partial charge is 0.221 e. The summed E-state index contributed by atoms with van der Waals surface area (Å²) in [5.74, 6) is 1.35. The average molecular weight is 351 g/mol. The van der Waals surface area contributed by atoms with E-state index in [1.807, 2.05) is 0 Å². The maximum atomic E-state index is 11.5. The van der Waals surface area contributed by atoms with Gasteiger partial charge in [-0.3, -0.25) is 9.28 Å². The zero-order valence-corrected chi connectivity index (χ0v) is 17.0. The monoisotopic (exact) mass is 350 g/mol. The summed E-state index contributed by atoms with van der Waals surface area (Å²) in [6.07, 6.45) is 16.1. The number of rotatable bonds is 13. The molecule has 1 N–H and O–H groups in total. The lowest BCUT2D eigenvalue weighted by atomic mass is 10.1. The molecule has 144 valence electrons. The number of aliphatic imine (C=N–C) groups is 1. The van der Waals surface area contributed by atoms with E-state index < -0.39 is 0 Å². The number of hydrogen-bond acceptors (Lipinski definition) is 2. The van der Waals surface area contributed by atoms with Gasteiger partial charge in [-0.1, -0.05) is 44.8 Å². The zero-order chi connectivity index (χ0) is 18.5. The molecule has 0 aromatic carbocycles. The molecular formula is C21H40N3O+. The number of quaternary nitrogens is 1. The van der Waals surface area contributed by atoms with Crippen molar-refractivity contribution in [2.75, 3.05) is 19.6 Å². The molecule has 0 spiro atoms. The Labute approximate surface area is 155 Å². The van der Waals surface area contributed by atoms with E-state index in [1.54, 1.807) is 6.92 Å². The molecule has 1 heterocycles. The van der Waals surface area contributed by atoms with Crippen molar-refractivity contribution < 1.29 is 9.28 Å². The highest BCUT2D eigenvalue weighted by Crippen LogP contribution is 2.23. The Balaban J connectivity index is 2.26. The van der Waals surface area contributed by atoms with E-state index in [9.17, 15) is 4.79 Å². The van der Waals surface area contributed by atoms with E-state index in [2.05, 4.69) is 38.2 Å². The number of nitrogens with one attached hydrogen (secondary N) is 1. The Kier molecular flexibility index (Phi) is 10.7. The molecule has 1 rings (SSSR count). The minimum absolute atomic E-state index is 0.0541. The molecule has 0 saturated heterocycles. The predicted molar refractivity (Wildman–Crippen MR) is 108 cm³/mol. The number of likely N-dealkylation sites (N-methyl/N-ethyl adjacent to an activating group) is 1. The molecule has 4 heteroatoms. The summed E-state index contributed by atoms with van der Waals surface area (Å²) in [6.45, 7) is 11.1. The maximum Gasteiger partial charge on any atom is 0.221 e. The van der Waals surface area contributed by atoms with Gasteiger partial charge in [-0.05, 0) is 32.6 Å². The van der Waals surface area contributed by atoms with E-state index in [0.29, 0.717) is 0 Å². The highest BCUT2D eigenvalue weighted by molar-refractivity contribution is 5.78. The van der Waals surface area contributed by atoms with E-state index in [-0.39, 0.29) is 12.1 Å². The molecule has 1 aliphatic heterocycles. The van der Waals surface area contributed by atoms with Gasteiger partial charge in [-0.25, -0.2) is 4.99 Å². The Morgan fingerprint density at radius 2 is 1.84 bits per heavy atom. The maximum absolute atomic E-state index is 11.5. The van der Waals surface area contributed by atoms with Crippen LogP contribution < -0.4 is 5.32 Å². The molecule has 4 nitrogen and oxygen atoms in total. The first-order valence-electron chi connectivity index (χ1n) is 10.4. The van der Waals surface area contributed by atoms with Crippen molar-refractivity contribution in [3.63, 3.8) is 0 Å². The Morgan fingerprint density at radius 3 is 2.48 bits per heavy atom. The van der Waals surface area contributed by atoms with E-state index >= 15 is 0 Å². The standard InChI is InChI=1S/C21H39N3O/c1-5-7-8-9-10-11-12-13-14-15-16-21-22-17-18-24(21,6-2)19(3)23-20(4)25/h7-8,19H,5-6,9-18H2,1-4H3/p+1/b8-7+. The van der Waals surface area contributed by atoms with Gasteiger partial charge in [0.2, 0.25) is 5.91 Å². The Bertz CT molecular complexity index is 444. The molecule has 2 atom stereocenters. The van der Waals surface area contributed by atoms with Crippen LogP contribution in [0.4, 0.5) is 0 Å². The molecule has 2 unspecified atom stereocenters. The van der Waals surface area contributed by atoms with Gasteiger partial charge in [0.1, 0.15) is 6.54 Å². The molecule has 1 amide bonds. The largest absolute Gasteiger partial charge is 0.307 e. The van der Waals surface area contributed by atoms with E-state index in [4.69, 9.17) is 4.99 Å². The van der Waals surface area contributed by atoms with Crippen molar-refractivity contribution in [2.24, 2.45) is 4.99 Å². The van der Waals surface area contributed by atoms with Gasteiger partial charge in [0.05, 0.1) is 13.1 Å². The number of allylic oxidation sites excluding steroid dienone is 2. The normalized spacial score (nSPS) is 21.5. The lowest BCUT2D eigenvalue weighted by molar-refractivity contribution is -0.861. The fourth-order valence-corrected chi connectivity index (χ4v) is 3.92. The quantitative estimate of drug-likeness (QED) is 0.289. The van der Waals surface area contributed by atoms with Crippen LogP contribution in [-0.4, -0.2) is 42.0 Å². The van der Waals surface area contributed by atoms with Crippen LogP contribution >= 0.6 is 0 Å². The van der Waals surface area contributed by atoms with Crippen LogP contribution in [0.15, 0.2) is 17.1 Å². The molecule has 0 aromatic heterocycles. The molecule has 0 bridgehead atoms. The third-order valence-electron chi connectivity index (χ3n) is 5.45. The Morgan fingerprint density at radius 1 is 1.16 bits per heavy atom. The van der Waals surface area contributed by atoms with Gasteiger partial charge >= 0.3 is 0 Å². The SMILES string of the molecule is CC/C=C/CCCCCCCCC1=NCC[N+]1(CC)C(C)NC(C)=O. The van der Waals surface area contributed by atoms with Gasteiger partial charge in [-0.15, -0.1) is 0 Å². The highest BCUT2D eigenvalue weighted by atomic mass is 16.1. The van der Waals surface area contributed by atoms with Crippen LogP contribution in [0.5, 0.6) is 0 Å². The van der Waals surface area contributed by atoms with Crippen molar-refractivity contribution in [1.29, 1.82) is 0 Å². The van der Waals surface area contributed by atoms with Gasteiger partial charge in [0, 0.05) is 20.3 Å². The van der Waals surface area contributed by atoms with Crippen molar-refractivity contribution in [3.8, 4) is 0 Å². The van der Waals surface area contributed by atoms with Gasteiger partial charge < -0.3 is 5.32 Å². The molecular weight excluding hydrogens is 310 g/mol. The molecule has 25 heavy (non-hydrogen) atoms. The van der Waals surface area contributed by atoms with Crippen LogP contribution in [0.2, 0.25) is 0 Å². The molecule has 0 radical (unpaired) electrons. The van der Waals surface area contributed by atoms with Crippen molar-refractivity contribution in [2.45, 2.75) is 91.6 Å². The second kappa shape index (κ2) is 12.2. The number of unbranched alkanes of at least 4 members (excludes halogenated alkanes) is 6. The predicted octanol–water partition coefficient (Wildman–Crippen LogP) is 4.80. The fourth-order valence-electron chi connectivity index (χ4n) is 3.92. The van der Waals surface area contributed by atoms with Crippen molar-refractivity contribution in [3.05, 3.63) is 12.2 Å².